The van der Waals surface area contributed by atoms with Crippen molar-refractivity contribution in [2.75, 3.05) is 0 Å². The molecular weight excluding hydrogens is 242 g/mol. The highest BCUT2D eigenvalue weighted by atomic mass is 79.9. The van der Waals surface area contributed by atoms with E-state index in [0.717, 1.165) is 11.1 Å². The van der Waals surface area contributed by atoms with Crippen molar-refractivity contribution in [1.29, 1.82) is 0 Å². The summed E-state index contributed by atoms with van der Waals surface area (Å²) in [5.41, 5.74) is 6.67. The van der Waals surface area contributed by atoms with Gasteiger partial charge >= 0.3 is 0 Å². The van der Waals surface area contributed by atoms with Crippen LogP contribution in [-0.2, 0) is 6.54 Å². The van der Waals surface area contributed by atoms with Crippen LogP contribution in [0, 0.1) is 6.92 Å². The van der Waals surface area contributed by atoms with Crippen LogP contribution in [0.15, 0.2) is 10.7 Å². The zero-order valence-electron chi connectivity index (χ0n) is 7.02. The molecule has 0 radical (unpaired) electrons. The van der Waals surface area contributed by atoms with E-state index in [1.54, 1.807) is 6.92 Å². The minimum Gasteiger partial charge on any atom is -0.326 e. The number of nitrogens with two attached hydrogens (primary N) is 1. The molecular formula is C8H9BrF2N2. The summed E-state index contributed by atoms with van der Waals surface area (Å²) < 4.78 is 25.0. The van der Waals surface area contributed by atoms with Crippen molar-refractivity contribution in [3.8, 4) is 0 Å². The molecule has 0 fully saturated rings. The van der Waals surface area contributed by atoms with Crippen LogP contribution in [0.2, 0.25) is 0 Å². The summed E-state index contributed by atoms with van der Waals surface area (Å²) in [6, 6.07) is 0. The highest BCUT2D eigenvalue weighted by Crippen LogP contribution is 2.29. The zero-order chi connectivity index (χ0) is 10.0. The Morgan fingerprint density at radius 3 is 2.69 bits per heavy atom. The molecule has 1 heterocycles. The van der Waals surface area contributed by atoms with Crippen molar-refractivity contribution >= 4 is 15.9 Å². The van der Waals surface area contributed by atoms with Crippen LogP contribution < -0.4 is 5.73 Å². The lowest BCUT2D eigenvalue weighted by Gasteiger charge is -2.08. The van der Waals surface area contributed by atoms with Crippen molar-refractivity contribution in [3.63, 3.8) is 0 Å². The van der Waals surface area contributed by atoms with E-state index < -0.39 is 6.43 Å². The molecule has 0 aliphatic rings. The maximum Gasteiger partial charge on any atom is 0.281 e. The first-order valence-corrected chi connectivity index (χ1v) is 4.49. The zero-order valence-corrected chi connectivity index (χ0v) is 8.61. The fraction of sp³-hybridized carbons (Fsp3) is 0.375. The molecule has 5 heteroatoms. The maximum atomic E-state index is 12.3. The Morgan fingerprint density at radius 1 is 1.62 bits per heavy atom. The predicted octanol–water partition coefficient (Wildman–Crippen LogP) is 2.55. The van der Waals surface area contributed by atoms with Gasteiger partial charge in [0.2, 0.25) is 0 Å². The highest BCUT2D eigenvalue weighted by Gasteiger charge is 2.16. The molecule has 0 aliphatic carbocycles. The van der Waals surface area contributed by atoms with Crippen LogP contribution in [-0.4, -0.2) is 4.98 Å². The molecule has 72 valence electrons. The second-order valence-corrected chi connectivity index (χ2v) is 3.41. The van der Waals surface area contributed by atoms with Gasteiger partial charge in [0.1, 0.15) is 5.69 Å². The highest BCUT2D eigenvalue weighted by molar-refractivity contribution is 9.10. The van der Waals surface area contributed by atoms with Gasteiger partial charge in [-0.3, -0.25) is 4.98 Å². The van der Waals surface area contributed by atoms with Gasteiger partial charge in [0.15, 0.2) is 0 Å². The molecule has 2 N–H and O–H groups in total. The summed E-state index contributed by atoms with van der Waals surface area (Å²) in [7, 11) is 0. The van der Waals surface area contributed by atoms with Crippen LogP contribution in [0.5, 0.6) is 0 Å². The van der Waals surface area contributed by atoms with Gasteiger partial charge in [-0.05, 0) is 34.0 Å². The van der Waals surface area contributed by atoms with Gasteiger partial charge in [-0.15, -0.1) is 0 Å². The lowest BCUT2D eigenvalue weighted by Crippen LogP contribution is -2.03. The minimum absolute atomic E-state index is 0.227. The van der Waals surface area contributed by atoms with E-state index in [9.17, 15) is 8.78 Å². The predicted molar refractivity (Wildman–Crippen MR) is 49.5 cm³/mol. The number of pyridine rings is 1. The smallest absolute Gasteiger partial charge is 0.281 e. The quantitative estimate of drug-likeness (QED) is 0.877. The molecule has 0 amide bonds. The molecule has 1 aromatic heterocycles. The second-order valence-electron chi connectivity index (χ2n) is 2.61. The van der Waals surface area contributed by atoms with Crippen LogP contribution in [0.1, 0.15) is 23.2 Å². The van der Waals surface area contributed by atoms with Gasteiger partial charge in [0.25, 0.3) is 6.43 Å². The van der Waals surface area contributed by atoms with Gasteiger partial charge in [-0.25, -0.2) is 8.78 Å². The maximum absolute atomic E-state index is 12.3. The molecule has 0 saturated carbocycles. The molecule has 0 atom stereocenters. The van der Waals surface area contributed by atoms with Crippen molar-refractivity contribution in [3.05, 3.63) is 27.5 Å². The summed E-state index contributed by atoms with van der Waals surface area (Å²) in [5, 5.41) is 0. The van der Waals surface area contributed by atoms with Crippen LogP contribution >= 0.6 is 15.9 Å². The van der Waals surface area contributed by atoms with E-state index in [1.807, 2.05) is 0 Å². The third-order valence-corrected chi connectivity index (χ3v) is 2.82. The van der Waals surface area contributed by atoms with Crippen LogP contribution in [0.25, 0.3) is 0 Å². The summed E-state index contributed by atoms with van der Waals surface area (Å²) in [4.78, 5) is 3.63. The van der Waals surface area contributed by atoms with E-state index in [-0.39, 0.29) is 5.69 Å². The average molecular weight is 251 g/mol. The van der Waals surface area contributed by atoms with Gasteiger partial charge in [-0.2, -0.15) is 0 Å². The number of halogens is 3. The summed E-state index contributed by atoms with van der Waals surface area (Å²) in [6.45, 7) is 2.04. The Hall–Kier alpha value is -0.550. The topological polar surface area (TPSA) is 38.9 Å². The molecule has 0 unspecified atom stereocenters. The first-order chi connectivity index (χ1) is 6.07. The van der Waals surface area contributed by atoms with E-state index >= 15 is 0 Å². The van der Waals surface area contributed by atoms with E-state index in [4.69, 9.17) is 5.73 Å². The molecule has 0 aliphatic heterocycles. The van der Waals surface area contributed by atoms with E-state index in [2.05, 4.69) is 20.9 Å². The largest absolute Gasteiger partial charge is 0.326 e. The van der Waals surface area contributed by atoms with Crippen molar-refractivity contribution in [1.82, 2.24) is 4.98 Å². The Morgan fingerprint density at radius 2 is 2.23 bits per heavy atom. The van der Waals surface area contributed by atoms with E-state index in [0.29, 0.717) is 11.0 Å². The lowest BCUT2D eigenvalue weighted by molar-refractivity contribution is 0.145. The first kappa shape index (κ1) is 10.5. The van der Waals surface area contributed by atoms with Gasteiger partial charge < -0.3 is 5.73 Å². The number of rotatable bonds is 2. The number of nitrogens with zero attached hydrogens (tertiary/aromatic N) is 1. The molecule has 0 saturated heterocycles. The standard InChI is InChI=1S/C8H9BrF2N2/c1-4-5(2-12)3-13-7(6(4)9)8(10)11/h3,8H,2,12H2,1H3. The van der Waals surface area contributed by atoms with E-state index in [1.165, 1.54) is 6.20 Å². The molecule has 0 bridgehead atoms. The Labute approximate surface area is 83.3 Å². The lowest BCUT2D eigenvalue weighted by atomic mass is 10.1. The van der Waals surface area contributed by atoms with Crippen LogP contribution in [0.4, 0.5) is 8.78 Å². The van der Waals surface area contributed by atoms with Crippen molar-refractivity contribution in [2.45, 2.75) is 19.9 Å². The summed E-state index contributed by atoms with van der Waals surface area (Å²) in [5.74, 6) is 0. The Bertz CT molecular complexity index is 315. The molecule has 1 aromatic rings. The van der Waals surface area contributed by atoms with Crippen LogP contribution in [0.3, 0.4) is 0 Å². The van der Waals surface area contributed by atoms with Gasteiger partial charge in [0, 0.05) is 17.2 Å². The number of aromatic nitrogens is 1. The monoisotopic (exact) mass is 250 g/mol. The number of alkyl halides is 2. The molecule has 1 rings (SSSR count). The van der Waals surface area contributed by atoms with Gasteiger partial charge in [-0.1, -0.05) is 0 Å². The third-order valence-electron chi connectivity index (χ3n) is 1.82. The summed E-state index contributed by atoms with van der Waals surface area (Å²) >= 11 is 3.07. The van der Waals surface area contributed by atoms with Crippen molar-refractivity contribution in [2.24, 2.45) is 5.73 Å². The van der Waals surface area contributed by atoms with Gasteiger partial charge in [0.05, 0.1) is 0 Å². The number of hydrogen-bond acceptors (Lipinski definition) is 2. The first-order valence-electron chi connectivity index (χ1n) is 3.70. The second kappa shape index (κ2) is 4.11. The molecule has 0 spiro atoms. The summed E-state index contributed by atoms with van der Waals surface area (Å²) in [6.07, 6.45) is -1.17. The average Bonchev–Trinajstić information content (AvgIpc) is 2.09. The number of hydrogen-bond donors (Lipinski definition) is 1. The Kier molecular flexibility index (Phi) is 3.33. The molecule has 13 heavy (non-hydrogen) atoms. The fourth-order valence-electron chi connectivity index (χ4n) is 0.992. The Balaban J connectivity index is 3.23. The fourth-order valence-corrected chi connectivity index (χ4v) is 1.52. The SMILES string of the molecule is Cc1c(CN)cnc(C(F)F)c1Br. The molecule has 0 aromatic carbocycles. The third kappa shape index (κ3) is 2.03. The minimum atomic E-state index is -2.56. The molecule has 2 nitrogen and oxygen atoms in total. The van der Waals surface area contributed by atoms with Crippen molar-refractivity contribution < 1.29 is 8.78 Å². The normalized spacial score (nSPS) is 10.9.